The monoisotopic (exact) mass is 285 g/mol. The zero-order valence-electron chi connectivity index (χ0n) is 13.1. The molecule has 1 atom stereocenters. The molecular formula is C19H24FN. The third-order valence-electron chi connectivity index (χ3n) is 4.78. The summed E-state index contributed by atoms with van der Waals surface area (Å²) in [6.07, 6.45) is 1.84. The average Bonchev–Trinajstić information content (AvgIpc) is 2.52. The molecule has 21 heavy (non-hydrogen) atoms. The largest absolute Gasteiger partial charge is 0.323 e. The van der Waals surface area contributed by atoms with Gasteiger partial charge in [-0.25, -0.2) is 4.39 Å². The molecule has 2 N–H and O–H groups in total. The molecule has 2 aromatic rings. The van der Waals surface area contributed by atoms with E-state index in [1.807, 2.05) is 31.2 Å². The van der Waals surface area contributed by atoms with Gasteiger partial charge in [0, 0.05) is 11.5 Å². The molecule has 0 aliphatic carbocycles. The van der Waals surface area contributed by atoms with Gasteiger partial charge in [-0.05, 0) is 48.6 Å². The Labute approximate surface area is 127 Å². The van der Waals surface area contributed by atoms with Gasteiger partial charge in [-0.1, -0.05) is 50.2 Å². The van der Waals surface area contributed by atoms with E-state index in [-0.39, 0.29) is 17.3 Å². The third-order valence-corrected chi connectivity index (χ3v) is 4.78. The van der Waals surface area contributed by atoms with Crippen LogP contribution in [-0.4, -0.2) is 0 Å². The first-order chi connectivity index (χ1) is 10.0. The highest BCUT2D eigenvalue weighted by molar-refractivity contribution is 5.37. The SMILES string of the molecule is CCC(CC)(c1ccccc1)C(N)c1cc(F)ccc1C. The molecule has 2 aromatic carbocycles. The predicted molar refractivity (Wildman–Crippen MR) is 86.8 cm³/mol. The normalized spacial score (nSPS) is 13.2. The Bertz CT molecular complexity index is 588. The Balaban J connectivity index is 2.54. The molecule has 0 bridgehead atoms. The van der Waals surface area contributed by atoms with Gasteiger partial charge in [0.2, 0.25) is 0 Å². The molecule has 2 rings (SSSR count). The van der Waals surface area contributed by atoms with Crippen LogP contribution >= 0.6 is 0 Å². The number of halogens is 1. The maximum atomic E-state index is 13.7. The molecule has 1 unspecified atom stereocenters. The third kappa shape index (κ3) is 2.86. The van der Waals surface area contributed by atoms with E-state index in [0.29, 0.717) is 0 Å². The van der Waals surface area contributed by atoms with Crippen LogP contribution in [0.3, 0.4) is 0 Å². The standard InChI is InChI=1S/C19H24FN/c1-4-19(5-2,15-9-7-6-8-10-15)18(21)17-13-16(20)12-11-14(17)3/h6-13,18H,4-5,21H2,1-3H3. The van der Waals surface area contributed by atoms with Gasteiger partial charge in [0.15, 0.2) is 0 Å². The van der Waals surface area contributed by atoms with Gasteiger partial charge < -0.3 is 5.73 Å². The molecule has 0 aliphatic rings. The summed E-state index contributed by atoms with van der Waals surface area (Å²) in [5, 5.41) is 0. The van der Waals surface area contributed by atoms with Crippen LogP contribution in [0.4, 0.5) is 4.39 Å². The number of hydrogen-bond donors (Lipinski definition) is 1. The van der Waals surface area contributed by atoms with Gasteiger partial charge in [0.05, 0.1) is 0 Å². The predicted octanol–water partition coefficient (Wildman–Crippen LogP) is 4.89. The first-order valence-corrected chi connectivity index (χ1v) is 7.62. The van der Waals surface area contributed by atoms with E-state index in [0.717, 1.165) is 24.0 Å². The summed E-state index contributed by atoms with van der Waals surface area (Å²) in [4.78, 5) is 0. The van der Waals surface area contributed by atoms with Crippen LogP contribution in [0.15, 0.2) is 48.5 Å². The summed E-state index contributed by atoms with van der Waals surface area (Å²) in [7, 11) is 0. The van der Waals surface area contributed by atoms with E-state index < -0.39 is 0 Å². The number of benzene rings is 2. The molecule has 1 nitrogen and oxygen atoms in total. The Morgan fingerprint density at radius 3 is 2.24 bits per heavy atom. The fraction of sp³-hybridized carbons (Fsp3) is 0.368. The van der Waals surface area contributed by atoms with E-state index in [1.54, 1.807) is 6.07 Å². The van der Waals surface area contributed by atoms with Crippen molar-refractivity contribution in [3.8, 4) is 0 Å². The summed E-state index contributed by atoms with van der Waals surface area (Å²) in [6.45, 7) is 6.31. The van der Waals surface area contributed by atoms with Crippen LogP contribution < -0.4 is 5.73 Å². The number of aryl methyl sites for hydroxylation is 1. The molecule has 2 heteroatoms. The van der Waals surface area contributed by atoms with Gasteiger partial charge in [-0.2, -0.15) is 0 Å². The molecule has 0 spiro atoms. The Hall–Kier alpha value is -1.67. The van der Waals surface area contributed by atoms with Gasteiger partial charge in [0.1, 0.15) is 5.82 Å². The smallest absolute Gasteiger partial charge is 0.123 e. The van der Waals surface area contributed by atoms with Crippen molar-refractivity contribution in [1.29, 1.82) is 0 Å². The summed E-state index contributed by atoms with van der Waals surface area (Å²) in [5.41, 5.74) is 9.64. The van der Waals surface area contributed by atoms with Crippen molar-refractivity contribution in [2.45, 2.75) is 45.1 Å². The van der Waals surface area contributed by atoms with Crippen LogP contribution in [0.1, 0.15) is 49.4 Å². The Morgan fingerprint density at radius 1 is 1.05 bits per heavy atom. The Kier molecular flexibility index (Phi) is 4.79. The lowest BCUT2D eigenvalue weighted by atomic mass is 9.68. The molecule has 0 aliphatic heterocycles. The van der Waals surface area contributed by atoms with E-state index in [4.69, 9.17) is 5.73 Å². The van der Waals surface area contributed by atoms with Gasteiger partial charge in [-0.15, -0.1) is 0 Å². The first-order valence-electron chi connectivity index (χ1n) is 7.62. The number of hydrogen-bond acceptors (Lipinski definition) is 1. The van der Waals surface area contributed by atoms with E-state index >= 15 is 0 Å². The quantitative estimate of drug-likeness (QED) is 0.831. The van der Waals surface area contributed by atoms with Crippen molar-refractivity contribution in [3.05, 3.63) is 71.0 Å². The molecule has 0 radical (unpaired) electrons. The minimum Gasteiger partial charge on any atom is -0.323 e. The highest BCUT2D eigenvalue weighted by Gasteiger charge is 2.36. The lowest BCUT2D eigenvalue weighted by Crippen LogP contribution is -2.38. The molecule has 0 aromatic heterocycles. The van der Waals surface area contributed by atoms with Crippen molar-refractivity contribution >= 4 is 0 Å². The topological polar surface area (TPSA) is 26.0 Å². The molecular weight excluding hydrogens is 261 g/mol. The summed E-state index contributed by atoms with van der Waals surface area (Å²) < 4.78 is 13.7. The maximum absolute atomic E-state index is 13.7. The lowest BCUT2D eigenvalue weighted by Gasteiger charge is -2.39. The minimum atomic E-state index is -0.222. The minimum absolute atomic E-state index is 0.167. The van der Waals surface area contributed by atoms with Crippen LogP contribution in [0, 0.1) is 12.7 Å². The second-order valence-corrected chi connectivity index (χ2v) is 5.71. The van der Waals surface area contributed by atoms with Crippen LogP contribution in [0.25, 0.3) is 0 Å². The fourth-order valence-electron chi connectivity index (χ4n) is 3.29. The first kappa shape index (κ1) is 15.7. The van der Waals surface area contributed by atoms with Crippen molar-refractivity contribution in [2.75, 3.05) is 0 Å². The molecule has 0 saturated carbocycles. The molecule has 0 amide bonds. The molecule has 0 saturated heterocycles. The fourth-order valence-corrected chi connectivity index (χ4v) is 3.29. The van der Waals surface area contributed by atoms with Crippen molar-refractivity contribution < 1.29 is 4.39 Å². The van der Waals surface area contributed by atoms with Gasteiger partial charge in [-0.3, -0.25) is 0 Å². The highest BCUT2D eigenvalue weighted by atomic mass is 19.1. The number of rotatable bonds is 5. The Morgan fingerprint density at radius 2 is 1.67 bits per heavy atom. The van der Waals surface area contributed by atoms with E-state index in [2.05, 4.69) is 26.0 Å². The van der Waals surface area contributed by atoms with Crippen molar-refractivity contribution in [2.24, 2.45) is 5.73 Å². The maximum Gasteiger partial charge on any atom is 0.123 e. The molecule has 112 valence electrons. The van der Waals surface area contributed by atoms with Crippen molar-refractivity contribution in [1.82, 2.24) is 0 Å². The summed E-state index contributed by atoms with van der Waals surface area (Å²) in [5.74, 6) is -0.222. The zero-order chi connectivity index (χ0) is 15.5. The number of nitrogens with two attached hydrogens (primary N) is 1. The van der Waals surface area contributed by atoms with Crippen LogP contribution in [-0.2, 0) is 5.41 Å². The highest BCUT2D eigenvalue weighted by Crippen LogP contribution is 2.42. The molecule has 0 heterocycles. The van der Waals surface area contributed by atoms with E-state index in [9.17, 15) is 4.39 Å². The summed E-state index contributed by atoms with van der Waals surface area (Å²) in [6, 6.07) is 15.0. The molecule has 0 fully saturated rings. The van der Waals surface area contributed by atoms with E-state index in [1.165, 1.54) is 11.6 Å². The second-order valence-electron chi connectivity index (χ2n) is 5.71. The van der Waals surface area contributed by atoms with Crippen molar-refractivity contribution in [3.63, 3.8) is 0 Å². The lowest BCUT2D eigenvalue weighted by molar-refractivity contribution is 0.320. The average molecular weight is 285 g/mol. The second kappa shape index (κ2) is 6.40. The summed E-state index contributed by atoms with van der Waals surface area (Å²) >= 11 is 0. The van der Waals surface area contributed by atoms with Gasteiger partial charge in [0.25, 0.3) is 0 Å². The van der Waals surface area contributed by atoms with Crippen LogP contribution in [0.5, 0.6) is 0 Å². The van der Waals surface area contributed by atoms with Gasteiger partial charge >= 0.3 is 0 Å². The zero-order valence-corrected chi connectivity index (χ0v) is 13.1. The van der Waals surface area contributed by atoms with Crippen LogP contribution in [0.2, 0.25) is 0 Å².